The SMILES string of the molecule is COc1ccc(CNCc2ccc3c(c2)OCO3)cc1Cl. The third kappa shape index (κ3) is 3.23. The Morgan fingerprint density at radius 2 is 1.76 bits per heavy atom. The lowest BCUT2D eigenvalue weighted by Gasteiger charge is -2.08. The molecule has 0 radical (unpaired) electrons. The van der Waals surface area contributed by atoms with Crippen LogP contribution < -0.4 is 19.5 Å². The Kier molecular flexibility index (Phi) is 4.18. The van der Waals surface area contributed by atoms with Crippen LogP contribution in [-0.4, -0.2) is 13.9 Å². The van der Waals surface area contributed by atoms with Crippen molar-refractivity contribution in [3.05, 3.63) is 52.5 Å². The monoisotopic (exact) mass is 305 g/mol. The van der Waals surface area contributed by atoms with E-state index in [1.54, 1.807) is 7.11 Å². The van der Waals surface area contributed by atoms with Gasteiger partial charge in [-0.2, -0.15) is 0 Å². The first kappa shape index (κ1) is 14.0. The standard InChI is InChI=1S/C16H16ClNO3/c1-19-14-4-2-11(6-13(14)17)8-18-9-12-3-5-15-16(7-12)21-10-20-15/h2-7,18H,8-10H2,1H3. The van der Waals surface area contributed by atoms with Crippen molar-refractivity contribution in [2.75, 3.05) is 13.9 Å². The molecule has 0 atom stereocenters. The summed E-state index contributed by atoms with van der Waals surface area (Å²) in [6, 6.07) is 11.7. The zero-order valence-corrected chi connectivity index (χ0v) is 12.4. The Morgan fingerprint density at radius 3 is 2.52 bits per heavy atom. The van der Waals surface area contributed by atoms with Gasteiger partial charge in [0.15, 0.2) is 11.5 Å². The fraction of sp³-hybridized carbons (Fsp3) is 0.250. The van der Waals surface area contributed by atoms with Gasteiger partial charge in [-0.1, -0.05) is 23.7 Å². The van der Waals surface area contributed by atoms with E-state index in [0.717, 1.165) is 35.7 Å². The molecule has 2 aromatic rings. The highest BCUT2D eigenvalue weighted by atomic mass is 35.5. The predicted octanol–water partition coefficient (Wildman–Crippen LogP) is 3.37. The molecule has 4 nitrogen and oxygen atoms in total. The molecule has 0 aromatic heterocycles. The molecular weight excluding hydrogens is 290 g/mol. The van der Waals surface area contributed by atoms with Crippen LogP contribution in [0.5, 0.6) is 17.2 Å². The number of benzene rings is 2. The minimum absolute atomic E-state index is 0.302. The largest absolute Gasteiger partial charge is 0.495 e. The number of hydrogen-bond acceptors (Lipinski definition) is 4. The fourth-order valence-electron chi connectivity index (χ4n) is 2.22. The van der Waals surface area contributed by atoms with Crippen molar-refractivity contribution in [2.24, 2.45) is 0 Å². The molecule has 0 saturated carbocycles. The second kappa shape index (κ2) is 6.24. The molecule has 2 aromatic carbocycles. The summed E-state index contributed by atoms with van der Waals surface area (Å²) in [5.41, 5.74) is 2.26. The molecule has 1 aliphatic rings. The highest BCUT2D eigenvalue weighted by Gasteiger charge is 2.12. The van der Waals surface area contributed by atoms with Gasteiger partial charge in [0, 0.05) is 13.1 Å². The van der Waals surface area contributed by atoms with Crippen LogP contribution in [0.1, 0.15) is 11.1 Å². The average molecular weight is 306 g/mol. The molecule has 0 unspecified atom stereocenters. The van der Waals surface area contributed by atoms with E-state index in [1.807, 2.05) is 36.4 Å². The van der Waals surface area contributed by atoms with E-state index in [1.165, 1.54) is 0 Å². The van der Waals surface area contributed by atoms with Gasteiger partial charge in [0.1, 0.15) is 5.75 Å². The molecule has 1 N–H and O–H groups in total. The molecule has 0 spiro atoms. The Hall–Kier alpha value is -1.91. The van der Waals surface area contributed by atoms with Crippen molar-refractivity contribution in [1.82, 2.24) is 5.32 Å². The van der Waals surface area contributed by atoms with Gasteiger partial charge in [0.05, 0.1) is 12.1 Å². The van der Waals surface area contributed by atoms with E-state index in [0.29, 0.717) is 17.6 Å². The second-order valence-electron chi connectivity index (χ2n) is 4.76. The number of methoxy groups -OCH3 is 1. The van der Waals surface area contributed by atoms with Crippen LogP contribution in [0.4, 0.5) is 0 Å². The third-order valence-corrected chi connectivity index (χ3v) is 3.61. The summed E-state index contributed by atoms with van der Waals surface area (Å²) in [6.07, 6.45) is 0. The van der Waals surface area contributed by atoms with Crippen molar-refractivity contribution in [1.29, 1.82) is 0 Å². The molecule has 0 fully saturated rings. The lowest BCUT2D eigenvalue weighted by Crippen LogP contribution is -2.12. The maximum absolute atomic E-state index is 6.11. The maximum atomic E-state index is 6.11. The quantitative estimate of drug-likeness (QED) is 0.919. The maximum Gasteiger partial charge on any atom is 0.231 e. The van der Waals surface area contributed by atoms with Gasteiger partial charge in [0.25, 0.3) is 0 Å². The minimum atomic E-state index is 0.302. The zero-order chi connectivity index (χ0) is 14.7. The van der Waals surface area contributed by atoms with Crippen LogP contribution in [0, 0.1) is 0 Å². The zero-order valence-electron chi connectivity index (χ0n) is 11.7. The lowest BCUT2D eigenvalue weighted by molar-refractivity contribution is 0.174. The summed E-state index contributed by atoms with van der Waals surface area (Å²) < 4.78 is 15.8. The molecule has 21 heavy (non-hydrogen) atoms. The van der Waals surface area contributed by atoms with Gasteiger partial charge in [-0.15, -0.1) is 0 Å². The van der Waals surface area contributed by atoms with E-state index in [9.17, 15) is 0 Å². The van der Waals surface area contributed by atoms with E-state index in [4.69, 9.17) is 25.8 Å². The Morgan fingerprint density at radius 1 is 1.05 bits per heavy atom. The molecule has 0 aliphatic carbocycles. The number of hydrogen-bond donors (Lipinski definition) is 1. The molecule has 3 rings (SSSR count). The van der Waals surface area contributed by atoms with E-state index < -0.39 is 0 Å². The summed E-state index contributed by atoms with van der Waals surface area (Å²) in [7, 11) is 1.61. The summed E-state index contributed by atoms with van der Waals surface area (Å²) in [5.74, 6) is 2.30. The molecule has 1 aliphatic heterocycles. The highest BCUT2D eigenvalue weighted by Crippen LogP contribution is 2.32. The topological polar surface area (TPSA) is 39.7 Å². The first-order valence-electron chi connectivity index (χ1n) is 6.68. The van der Waals surface area contributed by atoms with Crippen molar-refractivity contribution in [3.63, 3.8) is 0 Å². The number of ether oxygens (including phenoxy) is 3. The minimum Gasteiger partial charge on any atom is -0.495 e. The summed E-state index contributed by atoms with van der Waals surface area (Å²) >= 11 is 6.11. The normalized spacial score (nSPS) is 12.5. The first-order chi connectivity index (χ1) is 10.3. The Labute approximate surface area is 128 Å². The molecule has 0 saturated heterocycles. The van der Waals surface area contributed by atoms with Gasteiger partial charge in [0.2, 0.25) is 6.79 Å². The summed E-state index contributed by atoms with van der Waals surface area (Å²) in [5, 5.41) is 4.00. The van der Waals surface area contributed by atoms with E-state index in [2.05, 4.69) is 5.32 Å². The van der Waals surface area contributed by atoms with Crippen LogP contribution in [-0.2, 0) is 13.1 Å². The number of halogens is 1. The third-order valence-electron chi connectivity index (χ3n) is 3.31. The van der Waals surface area contributed by atoms with Gasteiger partial charge < -0.3 is 19.5 Å². The number of fused-ring (bicyclic) bond motifs is 1. The second-order valence-corrected chi connectivity index (χ2v) is 5.17. The predicted molar refractivity (Wildman–Crippen MR) is 81.1 cm³/mol. The Bertz CT molecular complexity index is 645. The van der Waals surface area contributed by atoms with Gasteiger partial charge in [-0.3, -0.25) is 0 Å². The molecule has 0 bridgehead atoms. The number of rotatable bonds is 5. The molecule has 110 valence electrons. The van der Waals surface area contributed by atoms with Crippen LogP contribution in [0.3, 0.4) is 0 Å². The molecule has 5 heteroatoms. The average Bonchev–Trinajstić information content (AvgIpc) is 2.95. The lowest BCUT2D eigenvalue weighted by atomic mass is 10.2. The van der Waals surface area contributed by atoms with Crippen molar-refractivity contribution >= 4 is 11.6 Å². The van der Waals surface area contributed by atoms with Crippen molar-refractivity contribution in [2.45, 2.75) is 13.1 Å². The van der Waals surface area contributed by atoms with Gasteiger partial charge in [-0.05, 0) is 35.4 Å². The molecule has 0 amide bonds. The first-order valence-corrected chi connectivity index (χ1v) is 7.06. The summed E-state index contributed by atoms with van der Waals surface area (Å²) in [6.45, 7) is 1.79. The van der Waals surface area contributed by atoms with Crippen LogP contribution in [0.15, 0.2) is 36.4 Å². The summed E-state index contributed by atoms with van der Waals surface area (Å²) in [4.78, 5) is 0. The van der Waals surface area contributed by atoms with E-state index >= 15 is 0 Å². The van der Waals surface area contributed by atoms with Crippen molar-refractivity contribution in [3.8, 4) is 17.2 Å². The van der Waals surface area contributed by atoms with E-state index in [-0.39, 0.29) is 0 Å². The van der Waals surface area contributed by atoms with Crippen LogP contribution >= 0.6 is 11.6 Å². The highest BCUT2D eigenvalue weighted by molar-refractivity contribution is 6.32. The smallest absolute Gasteiger partial charge is 0.231 e. The number of nitrogens with one attached hydrogen (secondary N) is 1. The molecule has 1 heterocycles. The van der Waals surface area contributed by atoms with Gasteiger partial charge >= 0.3 is 0 Å². The van der Waals surface area contributed by atoms with Gasteiger partial charge in [-0.25, -0.2) is 0 Å². The van der Waals surface area contributed by atoms with Crippen LogP contribution in [0.2, 0.25) is 5.02 Å². The fourth-order valence-corrected chi connectivity index (χ4v) is 2.50. The van der Waals surface area contributed by atoms with Crippen molar-refractivity contribution < 1.29 is 14.2 Å². The van der Waals surface area contributed by atoms with Crippen LogP contribution in [0.25, 0.3) is 0 Å². The molecular formula is C16H16ClNO3. The Balaban J connectivity index is 1.57.